The molecule has 1 aliphatic carbocycles. The molecule has 8 heteroatoms. The normalized spacial score (nSPS) is 14.0. The molecule has 216 valence electrons. The largest absolute Gasteiger partial charge is 0.478 e. The summed E-state index contributed by atoms with van der Waals surface area (Å²) in [5, 5.41) is 15.6. The zero-order valence-electron chi connectivity index (χ0n) is 24.4. The number of carbonyl (C=O) groups excluding carboxylic acids is 2. The number of aryl methyl sites for hydroxylation is 2. The van der Waals surface area contributed by atoms with E-state index in [-0.39, 0.29) is 11.8 Å². The molecule has 1 saturated carbocycles. The smallest absolute Gasteiger partial charge is 0.328 e. The number of fused-ring (bicyclic) bond motifs is 1. The summed E-state index contributed by atoms with van der Waals surface area (Å²) < 4.78 is 2.15. The Kier molecular flexibility index (Phi) is 7.98. The average Bonchev–Trinajstić information content (AvgIpc) is 3.58. The second kappa shape index (κ2) is 11.6. The van der Waals surface area contributed by atoms with Crippen molar-refractivity contribution in [2.75, 3.05) is 5.32 Å². The van der Waals surface area contributed by atoms with Crippen LogP contribution in [0.5, 0.6) is 0 Å². The lowest BCUT2D eigenvalue weighted by atomic mass is 9.93. The van der Waals surface area contributed by atoms with Gasteiger partial charge >= 0.3 is 5.97 Å². The molecule has 42 heavy (non-hydrogen) atoms. The van der Waals surface area contributed by atoms with Crippen LogP contribution in [-0.2, 0) is 16.6 Å². The van der Waals surface area contributed by atoms with Crippen molar-refractivity contribution in [1.82, 2.24) is 14.9 Å². The molecule has 1 fully saturated rings. The number of nitrogens with zero attached hydrogens (tertiary/aromatic N) is 2. The summed E-state index contributed by atoms with van der Waals surface area (Å²) >= 11 is 0. The van der Waals surface area contributed by atoms with E-state index >= 15 is 0 Å². The molecule has 0 radical (unpaired) electrons. The van der Waals surface area contributed by atoms with Crippen molar-refractivity contribution in [1.29, 1.82) is 0 Å². The Morgan fingerprint density at radius 2 is 1.74 bits per heavy atom. The lowest BCUT2D eigenvalue weighted by Gasteiger charge is -2.25. The average molecular weight is 565 g/mol. The molecule has 5 rings (SSSR count). The van der Waals surface area contributed by atoms with E-state index in [4.69, 9.17) is 10.1 Å². The van der Waals surface area contributed by atoms with Gasteiger partial charge in [0, 0.05) is 41.0 Å². The van der Waals surface area contributed by atoms with Gasteiger partial charge in [-0.2, -0.15) is 0 Å². The van der Waals surface area contributed by atoms with Gasteiger partial charge in [-0.15, -0.1) is 0 Å². The van der Waals surface area contributed by atoms with Crippen molar-refractivity contribution in [2.45, 2.75) is 57.9 Å². The van der Waals surface area contributed by atoms with Gasteiger partial charge in [-0.25, -0.2) is 4.79 Å². The second-order valence-corrected chi connectivity index (χ2v) is 11.5. The molecule has 2 heterocycles. The Labute approximate surface area is 245 Å². The summed E-state index contributed by atoms with van der Waals surface area (Å²) in [7, 11) is 2.03. The number of carboxylic acid groups (broad SMARTS) is 1. The maximum atomic E-state index is 13.4. The predicted molar refractivity (Wildman–Crippen MR) is 165 cm³/mol. The minimum atomic E-state index is -1.20. The maximum Gasteiger partial charge on any atom is 0.328 e. The molecule has 2 amide bonds. The van der Waals surface area contributed by atoms with Gasteiger partial charge in [-0.05, 0) is 93.1 Å². The molecule has 3 N–H and O–H groups in total. The first-order valence-electron chi connectivity index (χ1n) is 14.2. The highest BCUT2D eigenvalue weighted by Crippen LogP contribution is 2.44. The van der Waals surface area contributed by atoms with Gasteiger partial charge < -0.3 is 20.3 Å². The number of carboxylic acids is 1. The first kappa shape index (κ1) is 28.8. The van der Waals surface area contributed by atoms with Crippen molar-refractivity contribution in [3.05, 3.63) is 89.1 Å². The van der Waals surface area contributed by atoms with Gasteiger partial charge in [0.25, 0.3) is 5.91 Å². The first-order valence-corrected chi connectivity index (χ1v) is 14.2. The fourth-order valence-electron chi connectivity index (χ4n) is 5.76. The van der Waals surface area contributed by atoms with E-state index in [9.17, 15) is 14.4 Å². The van der Waals surface area contributed by atoms with Crippen LogP contribution in [-0.4, -0.2) is 38.0 Å². The van der Waals surface area contributed by atoms with E-state index in [1.165, 1.54) is 24.5 Å². The maximum absolute atomic E-state index is 13.4. The van der Waals surface area contributed by atoms with Gasteiger partial charge in [-0.3, -0.25) is 14.6 Å². The number of amides is 2. The molecular weight excluding hydrogens is 528 g/mol. The van der Waals surface area contributed by atoms with Crippen LogP contribution >= 0.6 is 0 Å². The monoisotopic (exact) mass is 564 g/mol. The zero-order valence-corrected chi connectivity index (χ0v) is 24.4. The van der Waals surface area contributed by atoms with E-state index in [1.54, 1.807) is 38.1 Å². The van der Waals surface area contributed by atoms with Crippen LogP contribution in [0.3, 0.4) is 0 Å². The summed E-state index contributed by atoms with van der Waals surface area (Å²) in [6.07, 6.45) is 7.24. The molecule has 0 aliphatic heterocycles. The van der Waals surface area contributed by atoms with E-state index in [0.29, 0.717) is 22.7 Å². The third kappa shape index (κ3) is 5.98. The second-order valence-electron chi connectivity index (χ2n) is 11.5. The Morgan fingerprint density at radius 1 is 1.02 bits per heavy atom. The minimum absolute atomic E-state index is 0.343. The Hall–Kier alpha value is -4.72. The number of pyridine rings is 1. The van der Waals surface area contributed by atoms with Gasteiger partial charge in [-0.1, -0.05) is 37.1 Å². The van der Waals surface area contributed by atoms with E-state index in [1.807, 2.05) is 44.3 Å². The van der Waals surface area contributed by atoms with Crippen molar-refractivity contribution in [3.8, 4) is 11.4 Å². The Bertz CT molecular complexity index is 1690. The number of rotatable bonds is 8. The summed E-state index contributed by atoms with van der Waals surface area (Å²) in [5.41, 5.74) is 5.76. The van der Waals surface area contributed by atoms with Crippen LogP contribution in [0.1, 0.15) is 72.6 Å². The lowest BCUT2D eigenvalue weighted by molar-refractivity contribution is -0.131. The predicted octanol–water partition coefficient (Wildman–Crippen LogP) is 6.45. The number of hydrogen-bond donors (Lipinski definition) is 3. The van der Waals surface area contributed by atoms with Gasteiger partial charge in [0.1, 0.15) is 5.54 Å². The summed E-state index contributed by atoms with van der Waals surface area (Å²) in [6, 6.07) is 18.6. The van der Waals surface area contributed by atoms with Gasteiger partial charge in [0.15, 0.2) is 0 Å². The number of hydrogen-bond acceptors (Lipinski definition) is 4. The Morgan fingerprint density at radius 3 is 2.40 bits per heavy atom. The highest BCUT2D eigenvalue weighted by Gasteiger charge is 2.31. The van der Waals surface area contributed by atoms with Gasteiger partial charge in [0.2, 0.25) is 5.91 Å². The highest BCUT2D eigenvalue weighted by molar-refractivity contribution is 6.05. The quantitative estimate of drug-likeness (QED) is 0.213. The topological polar surface area (TPSA) is 113 Å². The van der Waals surface area contributed by atoms with E-state index in [2.05, 4.69) is 21.3 Å². The third-order valence-corrected chi connectivity index (χ3v) is 7.98. The van der Waals surface area contributed by atoms with Crippen molar-refractivity contribution in [3.63, 3.8) is 0 Å². The fourth-order valence-corrected chi connectivity index (χ4v) is 5.76. The van der Waals surface area contributed by atoms with E-state index in [0.717, 1.165) is 46.9 Å². The third-order valence-electron chi connectivity index (χ3n) is 7.98. The van der Waals surface area contributed by atoms with Crippen LogP contribution in [0.25, 0.3) is 28.4 Å². The van der Waals surface area contributed by atoms with Crippen LogP contribution in [0.15, 0.2) is 66.7 Å². The molecule has 8 nitrogen and oxygen atoms in total. The van der Waals surface area contributed by atoms with E-state index < -0.39 is 11.5 Å². The van der Waals surface area contributed by atoms with Crippen LogP contribution in [0.2, 0.25) is 0 Å². The minimum Gasteiger partial charge on any atom is -0.478 e. The molecule has 0 unspecified atom stereocenters. The Balaban J connectivity index is 1.39. The van der Waals surface area contributed by atoms with Crippen LogP contribution in [0, 0.1) is 6.92 Å². The van der Waals surface area contributed by atoms with Crippen LogP contribution < -0.4 is 10.6 Å². The van der Waals surface area contributed by atoms with Crippen molar-refractivity contribution < 1.29 is 19.5 Å². The number of nitrogens with one attached hydrogen (secondary N) is 2. The van der Waals surface area contributed by atoms with Crippen molar-refractivity contribution >= 4 is 40.4 Å². The summed E-state index contributed by atoms with van der Waals surface area (Å²) in [6.45, 7) is 5.31. The number of carbonyl (C=O) groups is 3. The first-order chi connectivity index (χ1) is 20.0. The summed E-state index contributed by atoms with van der Waals surface area (Å²) in [4.78, 5) is 42.1. The SMILES string of the molecule is Cc1cccc(-c2c(C3CCCC3)c3ccc(C(=O)NC(C)(C)C(=O)Nc4ccc(/C=C/C(=O)O)cc4)cc3n2C)n1. The van der Waals surface area contributed by atoms with Crippen molar-refractivity contribution in [2.24, 2.45) is 7.05 Å². The number of anilines is 1. The molecule has 1 aliphatic rings. The number of aliphatic carboxylic acids is 1. The number of benzene rings is 2. The molecular formula is C34H36N4O4. The molecule has 0 spiro atoms. The summed E-state index contributed by atoms with van der Waals surface area (Å²) in [5.74, 6) is -1.30. The molecule has 0 bridgehead atoms. The fraction of sp³-hybridized carbons (Fsp3) is 0.294. The zero-order chi connectivity index (χ0) is 30.0. The molecule has 0 saturated heterocycles. The highest BCUT2D eigenvalue weighted by atomic mass is 16.4. The molecule has 4 aromatic rings. The number of aromatic nitrogens is 2. The molecule has 2 aromatic carbocycles. The lowest BCUT2D eigenvalue weighted by Crippen LogP contribution is -2.52. The standard InChI is InChI=1S/C34H36N4O4/c1-21-8-7-11-27(35-21)31-30(23-9-5-6-10-23)26-18-15-24(20-28(26)38(31)4)32(41)37-34(2,3)33(42)36-25-16-12-22(13-17-25)14-19-29(39)40/h7-8,11-20,23H,5-6,9-10H2,1-4H3,(H,36,42)(H,37,41)(H,39,40)/b19-14+. The molecule has 2 aromatic heterocycles. The van der Waals surface area contributed by atoms with Crippen LogP contribution in [0.4, 0.5) is 5.69 Å². The van der Waals surface area contributed by atoms with Gasteiger partial charge in [0.05, 0.1) is 11.4 Å². The molecule has 0 atom stereocenters.